The summed E-state index contributed by atoms with van der Waals surface area (Å²) in [5, 5.41) is -0.321. The summed E-state index contributed by atoms with van der Waals surface area (Å²) in [4.78, 5) is 11.6. The van der Waals surface area contributed by atoms with E-state index in [0.717, 1.165) is 12.8 Å². The Kier molecular flexibility index (Phi) is 4.28. The third-order valence-corrected chi connectivity index (χ3v) is 4.72. The number of sulfone groups is 1. The van der Waals surface area contributed by atoms with E-state index in [9.17, 15) is 13.2 Å². The Morgan fingerprint density at radius 3 is 2.60 bits per heavy atom. The summed E-state index contributed by atoms with van der Waals surface area (Å²) in [7, 11) is -2.99. The second-order valence-corrected chi connectivity index (χ2v) is 6.65. The van der Waals surface area contributed by atoms with E-state index in [1.54, 1.807) is 0 Å². The molecule has 0 aromatic heterocycles. The van der Waals surface area contributed by atoms with Crippen LogP contribution in [-0.2, 0) is 14.6 Å². The second kappa shape index (κ2) is 5.07. The number of nitrogens with two attached hydrogens (primary N) is 1. The molecule has 2 unspecified atom stereocenters. The molecule has 0 aromatic carbocycles. The van der Waals surface area contributed by atoms with E-state index in [4.69, 9.17) is 5.73 Å². The number of hydrogen-bond donors (Lipinski definition) is 1. The van der Waals surface area contributed by atoms with Crippen LogP contribution in [0.5, 0.6) is 0 Å². The first kappa shape index (κ1) is 12.6. The van der Waals surface area contributed by atoms with Crippen molar-refractivity contribution in [2.45, 2.75) is 37.4 Å². The highest BCUT2D eigenvalue weighted by molar-refractivity contribution is 7.91. The van der Waals surface area contributed by atoms with Gasteiger partial charge in [-0.15, -0.1) is 0 Å². The average molecular weight is 233 g/mol. The van der Waals surface area contributed by atoms with Crippen LogP contribution in [0.4, 0.5) is 0 Å². The Hall–Kier alpha value is -0.420. The van der Waals surface area contributed by atoms with Crippen LogP contribution in [0.2, 0.25) is 0 Å². The summed E-state index contributed by atoms with van der Waals surface area (Å²) in [5.74, 6) is 0.0490. The molecular weight excluding hydrogens is 214 g/mol. The van der Waals surface area contributed by atoms with Crippen LogP contribution >= 0.6 is 0 Å². The molecule has 0 heterocycles. The molecule has 88 valence electrons. The molecule has 1 aliphatic carbocycles. The minimum Gasteiger partial charge on any atom is -0.330 e. The highest BCUT2D eigenvalue weighted by Crippen LogP contribution is 2.29. The first-order chi connectivity index (χ1) is 6.95. The Labute approximate surface area is 91.1 Å². The van der Waals surface area contributed by atoms with Crippen molar-refractivity contribution in [3.8, 4) is 0 Å². The van der Waals surface area contributed by atoms with E-state index < -0.39 is 9.84 Å². The standard InChI is InChI=1S/C10H19NO3S/c1-15(13,14)9-4-2-3-8(7-9)10(12)5-6-11/h8-9H,2-7,11H2,1H3. The van der Waals surface area contributed by atoms with Gasteiger partial charge in [0, 0.05) is 18.6 Å². The Bertz CT molecular complexity index is 324. The number of carbonyl (C=O) groups excluding carboxylic acids is 1. The van der Waals surface area contributed by atoms with E-state index in [2.05, 4.69) is 0 Å². The lowest BCUT2D eigenvalue weighted by atomic mass is 9.85. The summed E-state index contributed by atoms with van der Waals surface area (Å²) in [5.41, 5.74) is 5.32. The fraction of sp³-hybridized carbons (Fsp3) is 0.900. The summed E-state index contributed by atoms with van der Waals surface area (Å²) in [6, 6.07) is 0. The number of ketones is 1. The fourth-order valence-electron chi connectivity index (χ4n) is 2.17. The van der Waals surface area contributed by atoms with Gasteiger partial charge in [0.25, 0.3) is 0 Å². The SMILES string of the molecule is CS(=O)(=O)C1CCCC(C(=O)CCN)C1. The van der Waals surface area contributed by atoms with Crippen molar-refractivity contribution in [3.05, 3.63) is 0 Å². The fourth-order valence-corrected chi connectivity index (χ4v) is 3.35. The first-order valence-corrected chi connectivity index (χ1v) is 7.32. The molecule has 0 amide bonds. The van der Waals surface area contributed by atoms with Crippen LogP contribution in [0.1, 0.15) is 32.1 Å². The molecule has 1 saturated carbocycles. The van der Waals surface area contributed by atoms with Gasteiger partial charge in [-0.3, -0.25) is 4.79 Å². The molecule has 1 rings (SSSR count). The van der Waals surface area contributed by atoms with Gasteiger partial charge in [-0.25, -0.2) is 8.42 Å². The van der Waals surface area contributed by atoms with Gasteiger partial charge in [0.1, 0.15) is 15.6 Å². The van der Waals surface area contributed by atoms with Crippen molar-refractivity contribution in [2.75, 3.05) is 12.8 Å². The molecule has 0 aliphatic heterocycles. The van der Waals surface area contributed by atoms with Crippen molar-refractivity contribution >= 4 is 15.6 Å². The van der Waals surface area contributed by atoms with Gasteiger partial charge in [-0.1, -0.05) is 6.42 Å². The molecular formula is C10H19NO3S. The number of Topliss-reactive ketones (excluding diaryl/α,β-unsaturated/α-hetero) is 1. The Balaban J connectivity index is 2.60. The largest absolute Gasteiger partial charge is 0.330 e. The predicted molar refractivity (Wildman–Crippen MR) is 59.3 cm³/mol. The van der Waals surface area contributed by atoms with Crippen molar-refractivity contribution in [2.24, 2.45) is 11.7 Å². The van der Waals surface area contributed by atoms with Crippen LogP contribution < -0.4 is 5.73 Å². The van der Waals surface area contributed by atoms with Gasteiger partial charge in [-0.2, -0.15) is 0 Å². The molecule has 0 saturated heterocycles. The lowest BCUT2D eigenvalue weighted by molar-refractivity contribution is -0.123. The zero-order valence-corrected chi connectivity index (χ0v) is 9.92. The molecule has 2 atom stereocenters. The van der Waals surface area contributed by atoms with Crippen LogP contribution in [0, 0.1) is 5.92 Å². The van der Waals surface area contributed by atoms with Crippen molar-refractivity contribution in [1.82, 2.24) is 0 Å². The third-order valence-electron chi connectivity index (χ3n) is 3.08. The second-order valence-electron chi connectivity index (χ2n) is 4.32. The van der Waals surface area contributed by atoms with Crippen molar-refractivity contribution in [1.29, 1.82) is 0 Å². The molecule has 0 spiro atoms. The lowest BCUT2D eigenvalue weighted by Gasteiger charge is -2.26. The van der Waals surface area contributed by atoms with E-state index in [1.807, 2.05) is 0 Å². The minimum absolute atomic E-state index is 0.0815. The van der Waals surface area contributed by atoms with E-state index in [1.165, 1.54) is 6.26 Å². The molecule has 1 aliphatic rings. The third kappa shape index (κ3) is 3.57. The Morgan fingerprint density at radius 2 is 2.07 bits per heavy atom. The maximum absolute atomic E-state index is 11.6. The van der Waals surface area contributed by atoms with Crippen molar-refractivity contribution in [3.63, 3.8) is 0 Å². The molecule has 0 bridgehead atoms. The minimum atomic E-state index is -2.99. The van der Waals surface area contributed by atoms with E-state index in [0.29, 0.717) is 25.8 Å². The van der Waals surface area contributed by atoms with Gasteiger partial charge >= 0.3 is 0 Å². The summed E-state index contributed by atoms with van der Waals surface area (Å²) in [6.07, 6.45) is 4.49. The maximum atomic E-state index is 11.6. The van der Waals surface area contributed by atoms with Crippen LogP contribution in [0.25, 0.3) is 0 Å². The topological polar surface area (TPSA) is 77.2 Å². The molecule has 0 aromatic rings. The normalized spacial score (nSPS) is 27.6. The highest BCUT2D eigenvalue weighted by atomic mass is 32.2. The van der Waals surface area contributed by atoms with Crippen LogP contribution in [0.3, 0.4) is 0 Å². The smallest absolute Gasteiger partial charge is 0.150 e. The van der Waals surface area contributed by atoms with Gasteiger partial charge in [-0.05, 0) is 25.8 Å². The number of carbonyl (C=O) groups is 1. The number of hydrogen-bond acceptors (Lipinski definition) is 4. The van der Waals surface area contributed by atoms with Gasteiger partial charge in [0.15, 0.2) is 0 Å². The van der Waals surface area contributed by atoms with Crippen molar-refractivity contribution < 1.29 is 13.2 Å². The van der Waals surface area contributed by atoms with Crippen LogP contribution in [0.15, 0.2) is 0 Å². The molecule has 2 N–H and O–H groups in total. The average Bonchev–Trinajstić information content (AvgIpc) is 2.17. The summed E-state index contributed by atoms with van der Waals surface area (Å²) >= 11 is 0. The molecule has 4 nitrogen and oxygen atoms in total. The van der Waals surface area contributed by atoms with Crippen LogP contribution in [-0.4, -0.2) is 32.3 Å². The monoisotopic (exact) mass is 233 g/mol. The predicted octanol–water partition coefficient (Wildman–Crippen LogP) is 0.508. The molecule has 0 radical (unpaired) electrons. The summed E-state index contributed by atoms with van der Waals surface area (Å²) in [6.45, 7) is 0.360. The van der Waals surface area contributed by atoms with Gasteiger partial charge < -0.3 is 5.73 Å². The van der Waals surface area contributed by atoms with E-state index >= 15 is 0 Å². The quantitative estimate of drug-likeness (QED) is 0.767. The molecule has 15 heavy (non-hydrogen) atoms. The highest BCUT2D eigenvalue weighted by Gasteiger charge is 2.31. The maximum Gasteiger partial charge on any atom is 0.150 e. The van der Waals surface area contributed by atoms with E-state index in [-0.39, 0.29) is 17.0 Å². The Morgan fingerprint density at radius 1 is 1.40 bits per heavy atom. The van der Waals surface area contributed by atoms with Gasteiger partial charge in [0.2, 0.25) is 0 Å². The molecule has 1 fully saturated rings. The zero-order chi connectivity index (χ0) is 11.5. The molecule has 5 heteroatoms. The zero-order valence-electron chi connectivity index (χ0n) is 9.11. The first-order valence-electron chi connectivity index (χ1n) is 5.36. The summed E-state index contributed by atoms with van der Waals surface area (Å²) < 4.78 is 22.8. The lowest BCUT2D eigenvalue weighted by Crippen LogP contribution is -2.31. The van der Waals surface area contributed by atoms with Gasteiger partial charge in [0.05, 0.1) is 5.25 Å². The number of rotatable bonds is 4.